The van der Waals surface area contributed by atoms with Crippen LogP contribution < -0.4 is 34.1 Å². The lowest BCUT2D eigenvalue weighted by Gasteiger charge is -2.39. The average Bonchev–Trinajstić information content (AvgIpc) is 1.62. The number of ketones is 1. The van der Waals surface area contributed by atoms with E-state index in [2.05, 4.69) is 18.5 Å². The molecule has 5 amide bonds. The van der Waals surface area contributed by atoms with Gasteiger partial charge in [0.1, 0.15) is 85.0 Å². The van der Waals surface area contributed by atoms with Crippen LogP contribution in [0.1, 0.15) is 123 Å². The van der Waals surface area contributed by atoms with Gasteiger partial charge in [-0.1, -0.05) is 57.2 Å². The summed E-state index contributed by atoms with van der Waals surface area (Å²) in [6, 6.07) is 12.8. The maximum absolute atomic E-state index is 14.5. The molecule has 30 heteroatoms. The Morgan fingerprint density at radius 3 is 1.44 bits per heavy atom. The first-order valence-electron chi connectivity index (χ1n) is 33.3. The number of nitrogens with zero attached hydrogens (tertiary/aromatic N) is 4. The van der Waals surface area contributed by atoms with Gasteiger partial charge in [-0.25, -0.2) is 19.4 Å². The third-order valence-electron chi connectivity index (χ3n) is 18.4. The number of anilines is 2. The summed E-state index contributed by atoms with van der Waals surface area (Å²) in [6.45, 7) is 15.5. The highest BCUT2D eigenvalue weighted by Crippen LogP contribution is 2.43. The highest BCUT2D eigenvalue weighted by Gasteiger charge is 2.50. The molecule has 10 rings (SSSR count). The number of hydrogen-bond donors (Lipinski definition) is 11. The topological polar surface area (TPSA) is 413 Å². The zero-order valence-corrected chi connectivity index (χ0v) is 57.0. The fraction of sp³-hybridized carbons (Fsp3) is 0.521. The Kier molecular flexibility index (Phi) is 23.8. The van der Waals surface area contributed by atoms with Crippen LogP contribution in [0.15, 0.2) is 85.0 Å². The van der Waals surface area contributed by atoms with Crippen molar-refractivity contribution in [3.8, 4) is 23.0 Å². The van der Waals surface area contributed by atoms with E-state index in [1.54, 1.807) is 26.0 Å². The van der Waals surface area contributed by atoms with E-state index in [1.807, 2.05) is 20.8 Å². The van der Waals surface area contributed by atoms with Gasteiger partial charge in [-0.2, -0.15) is 0 Å². The Bertz CT molecular complexity index is 3760. The molecule has 6 heterocycles. The van der Waals surface area contributed by atoms with E-state index in [4.69, 9.17) is 42.6 Å². The predicted octanol–water partition coefficient (Wildman–Crippen LogP) is 2.78. The van der Waals surface area contributed by atoms with Gasteiger partial charge in [0.05, 0.1) is 78.7 Å². The van der Waals surface area contributed by atoms with E-state index < -0.39 is 153 Å². The lowest BCUT2D eigenvalue weighted by atomic mass is 9.87. The molecule has 6 aliphatic heterocycles. The Morgan fingerprint density at radius 2 is 1.01 bits per heavy atom. The van der Waals surface area contributed by atoms with Crippen LogP contribution >= 0.6 is 0 Å². The molecule has 4 fully saturated rings. The zero-order chi connectivity index (χ0) is 73.0. The van der Waals surface area contributed by atoms with Crippen LogP contribution in [0, 0.1) is 19.3 Å². The number of methoxy groups -OCH3 is 1. The predicted molar refractivity (Wildman–Crippen MR) is 356 cm³/mol. The van der Waals surface area contributed by atoms with Crippen molar-refractivity contribution in [2.24, 2.45) is 5.41 Å². The minimum absolute atomic E-state index is 0.000135. The molecule has 4 saturated heterocycles. The molecule has 4 aromatic carbocycles. The molecule has 6 aliphatic rings. The number of amides is 5. The molecular formula is C71H89N5O25. The number of unbranched alkanes of at least 4 members (excludes halogenated alkanes) is 2. The summed E-state index contributed by atoms with van der Waals surface area (Å²) in [6.07, 6.45) is -19.7. The Hall–Kier alpha value is -8.34. The number of aliphatic hydroxyl groups is 10. The van der Waals surface area contributed by atoms with E-state index in [-0.39, 0.29) is 109 Å². The van der Waals surface area contributed by atoms with Crippen molar-refractivity contribution in [1.29, 1.82) is 0 Å². The van der Waals surface area contributed by atoms with Gasteiger partial charge in [0.15, 0.2) is 18.2 Å². The number of ether oxygens (including phenoxy) is 9. The van der Waals surface area contributed by atoms with E-state index in [1.165, 1.54) is 65.4 Å². The summed E-state index contributed by atoms with van der Waals surface area (Å²) in [5.41, 5.74) is 2.53. The van der Waals surface area contributed by atoms with Gasteiger partial charge in [0.2, 0.25) is 12.6 Å². The number of fused-ring (bicyclic) bond motifs is 4. The first-order valence-corrected chi connectivity index (χ1v) is 33.3. The minimum atomic E-state index is -1.80. The van der Waals surface area contributed by atoms with Crippen molar-refractivity contribution in [3.05, 3.63) is 129 Å². The third-order valence-corrected chi connectivity index (χ3v) is 18.4. The van der Waals surface area contributed by atoms with Gasteiger partial charge in [-0.3, -0.25) is 19.2 Å². The Morgan fingerprint density at radius 1 is 0.574 bits per heavy atom. The lowest BCUT2D eigenvalue weighted by Crippen LogP contribution is -2.60. The molecule has 0 bridgehead atoms. The second kappa shape index (κ2) is 31.9. The van der Waals surface area contributed by atoms with Gasteiger partial charge in [0.25, 0.3) is 17.7 Å². The maximum atomic E-state index is 14.5. The Balaban J connectivity index is 0.807. The molecule has 2 unspecified atom stereocenters. The summed E-state index contributed by atoms with van der Waals surface area (Å²) in [5.74, 6) is -1.61. The number of aliphatic hydroxyl groups excluding tert-OH is 10. The molecule has 548 valence electrons. The molecule has 101 heavy (non-hydrogen) atoms. The number of carbonyl (C=O) groups excluding carboxylic acids is 6. The molecule has 0 aromatic heterocycles. The SMILES string of the molecule is C=C1C[C@H]2C(O)N(C(=O)OCc3ccc(O[C@@H]4O[C@H](CO)[C@H](O)[C@H](O)[C@H]4O)c(C(=O)CC(C)(C)C)c3)c3cc(OCCCCCOc4cc5c(cc4C)C(=O)N4CC(=C)C[C@H]4C(O)N5C(=O)OCc4ccc(O[C@@H]5O[C@H](CO)[C@H](O)[C@H](O)[C@H]5O)c(C(=O)NCCOC)c4)c(C)cc3C(=O)N2C1. The normalized spacial score (nSPS) is 26.5. The van der Waals surface area contributed by atoms with Crippen LogP contribution in [0.3, 0.4) is 0 Å². The van der Waals surface area contributed by atoms with Gasteiger partial charge >= 0.3 is 12.2 Å². The van der Waals surface area contributed by atoms with Gasteiger partial charge in [-0.05, 0) is 110 Å². The monoisotopic (exact) mass is 1410 g/mol. The third kappa shape index (κ3) is 16.4. The molecule has 14 atom stereocenters. The first kappa shape index (κ1) is 75.3. The molecule has 30 nitrogen and oxygen atoms in total. The van der Waals surface area contributed by atoms with Crippen molar-refractivity contribution < 1.29 is 122 Å². The summed E-state index contributed by atoms with van der Waals surface area (Å²) in [4.78, 5) is 90.1. The standard InChI is InChI=1S/C71H89N5O25/c1-35-20-47-65(89)75(69(91)96-33-39-12-14-50(43(24-39)49(79)28-71(5,6)7)98-67-60(84)58(82)56(80)54(31-77)100-67)45-26-52(37(3)22-41(45)63(87)73(47)29-35)94-17-10-9-11-18-95-53-27-46-42(23-38(53)4)64(88)74-30-36(2)21-48(74)66(90)76(46)70(92)97-34-40-13-15-51(44(25-40)62(86)72-16-19-93-8)99-68-61(85)59(83)57(81)55(32-78)101-68/h12-15,22-27,47-48,54-61,65-68,77-78,80-85,89-90H,1-2,9-11,16-21,28-34H2,3-8H3,(H,72,86)/t47-,48-,54+,55+,56-,57-,58-,59-,60+,61+,65?,66?,67+,68+/m0/s1. The largest absolute Gasteiger partial charge is 0.493 e. The highest BCUT2D eigenvalue weighted by molar-refractivity contribution is 6.07. The molecule has 0 aliphatic carbocycles. The Labute approximate surface area is 582 Å². The summed E-state index contributed by atoms with van der Waals surface area (Å²) >= 11 is 0. The molecule has 0 radical (unpaired) electrons. The van der Waals surface area contributed by atoms with E-state index >= 15 is 0 Å². The van der Waals surface area contributed by atoms with Crippen LogP contribution in [0.4, 0.5) is 21.0 Å². The molecule has 11 N–H and O–H groups in total. The number of Topliss-reactive ketones (excluding diaryl/α,β-unsaturated/α-hetero) is 1. The fourth-order valence-corrected chi connectivity index (χ4v) is 13.0. The van der Waals surface area contributed by atoms with Crippen molar-refractivity contribution in [3.63, 3.8) is 0 Å². The molecule has 4 aromatic rings. The van der Waals surface area contributed by atoms with Gasteiger partial charge < -0.3 is 109 Å². The highest BCUT2D eigenvalue weighted by atomic mass is 16.7. The number of benzene rings is 4. The fourth-order valence-electron chi connectivity index (χ4n) is 13.0. The number of nitrogens with one attached hydrogen (secondary N) is 1. The van der Waals surface area contributed by atoms with Crippen LogP contribution in [-0.2, 0) is 36.9 Å². The van der Waals surface area contributed by atoms with Crippen molar-refractivity contribution in [1.82, 2.24) is 15.1 Å². The maximum Gasteiger partial charge on any atom is 0.416 e. The number of hydrogen-bond acceptors (Lipinski definition) is 25. The average molecular weight is 1410 g/mol. The second-order valence-corrected chi connectivity index (χ2v) is 27.3. The van der Waals surface area contributed by atoms with Crippen molar-refractivity contribution >= 4 is 47.1 Å². The molecule has 0 spiro atoms. The first-order chi connectivity index (χ1) is 48.0. The van der Waals surface area contributed by atoms with Crippen LogP contribution in [0.2, 0.25) is 0 Å². The van der Waals surface area contributed by atoms with Crippen LogP contribution in [0.5, 0.6) is 23.0 Å². The number of aryl methyl sites for hydroxylation is 2. The molecule has 0 saturated carbocycles. The quantitative estimate of drug-likeness (QED) is 0.0273. The van der Waals surface area contributed by atoms with Crippen molar-refractivity contribution in [2.45, 2.75) is 172 Å². The summed E-state index contributed by atoms with van der Waals surface area (Å²) in [5, 5.41) is 109. The smallest absolute Gasteiger partial charge is 0.416 e. The van der Waals surface area contributed by atoms with E-state index in [0.717, 1.165) is 9.80 Å². The minimum Gasteiger partial charge on any atom is -0.493 e. The summed E-state index contributed by atoms with van der Waals surface area (Å²) in [7, 11) is 1.44. The zero-order valence-electron chi connectivity index (χ0n) is 57.0. The van der Waals surface area contributed by atoms with Gasteiger partial charge in [0, 0.05) is 45.3 Å². The number of carbonyl (C=O) groups is 6. The van der Waals surface area contributed by atoms with Crippen LogP contribution in [-0.4, -0.2) is 242 Å². The van der Waals surface area contributed by atoms with Gasteiger partial charge in [-0.15, -0.1) is 0 Å². The van der Waals surface area contributed by atoms with Crippen molar-refractivity contribution in [2.75, 3.05) is 69.6 Å². The second-order valence-electron chi connectivity index (χ2n) is 27.3. The number of rotatable bonds is 24. The summed E-state index contributed by atoms with van der Waals surface area (Å²) < 4.78 is 52.3. The van der Waals surface area contributed by atoms with Crippen LogP contribution in [0.25, 0.3) is 0 Å². The molecular weight excluding hydrogens is 1320 g/mol. The lowest BCUT2D eigenvalue weighted by molar-refractivity contribution is -0.277. The van der Waals surface area contributed by atoms with E-state index in [0.29, 0.717) is 58.6 Å². The van der Waals surface area contributed by atoms with E-state index in [9.17, 15) is 79.8 Å².